The van der Waals surface area contributed by atoms with Crippen LogP contribution in [0.4, 0.5) is 0 Å². The van der Waals surface area contributed by atoms with E-state index in [4.69, 9.17) is 0 Å². The first kappa shape index (κ1) is 17.3. The number of aryl methyl sites for hydroxylation is 1. The first-order valence-electron chi connectivity index (χ1n) is 9.10. The number of carbonyl (C=O) groups is 1. The number of piperidine rings is 1. The Hall–Kier alpha value is -3.16. The van der Waals surface area contributed by atoms with E-state index in [0.717, 1.165) is 24.2 Å². The molecule has 0 bridgehead atoms. The minimum Gasteiger partial charge on any atom is -0.337 e. The molecule has 1 aromatic carbocycles. The second-order valence-electron chi connectivity index (χ2n) is 6.87. The summed E-state index contributed by atoms with van der Waals surface area (Å²) in [5.74, 6) is 0.928. The van der Waals surface area contributed by atoms with Crippen LogP contribution in [0.15, 0.2) is 47.4 Å². The van der Waals surface area contributed by atoms with Crippen molar-refractivity contribution in [3.63, 3.8) is 0 Å². The normalized spacial score (nSPS) is 15.2. The third-order valence-electron chi connectivity index (χ3n) is 5.16. The highest BCUT2D eigenvalue weighted by Gasteiger charge is 2.29. The summed E-state index contributed by atoms with van der Waals surface area (Å²) in [6, 6.07) is 11.6. The van der Waals surface area contributed by atoms with Gasteiger partial charge in [-0.2, -0.15) is 10.2 Å². The predicted octanol–water partition coefficient (Wildman–Crippen LogP) is 1.37. The standard InChI is InChI=1S/C19H22N6O2/c1-23-16(7-10-20-23)18(26)24-11-8-15(9-12-24)17-21-22-19(27)25(17)13-14-5-3-2-4-6-14/h2-7,10,15H,8-9,11-13H2,1H3,(H,22,27). The molecule has 140 valence electrons. The van der Waals surface area contributed by atoms with Crippen molar-refractivity contribution >= 4 is 5.91 Å². The predicted molar refractivity (Wildman–Crippen MR) is 99.5 cm³/mol. The highest BCUT2D eigenvalue weighted by atomic mass is 16.2. The molecular formula is C19H22N6O2. The van der Waals surface area contributed by atoms with Gasteiger partial charge >= 0.3 is 5.69 Å². The highest BCUT2D eigenvalue weighted by molar-refractivity contribution is 5.92. The second-order valence-corrected chi connectivity index (χ2v) is 6.87. The minimum absolute atomic E-state index is 0.00264. The van der Waals surface area contributed by atoms with Crippen LogP contribution in [0, 0.1) is 0 Å². The molecule has 1 amide bonds. The molecule has 2 aromatic heterocycles. The van der Waals surface area contributed by atoms with Gasteiger partial charge in [-0.1, -0.05) is 30.3 Å². The van der Waals surface area contributed by atoms with Crippen molar-refractivity contribution in [2.45, 2.75) is 25.3 Å². The van der Waals surface area contributed by atoms with Crippen molar-refractivity contribution in [3.05, 3.63) is 70.2 Å². The number of benzene rings is 1. The molecule has 0 unspecified atom stereocenters. The highest BCUT2D eigenvalue weighted by Crippen LogP contribution is 2.27. The van der Waals surface area contributed by atoms with Crippen LogP contribution in [0.2, 0.25) is 0 Å². The smallest absolute Gasteiger partial charge is 0.337 e. The Morgan fingerprint density at radius 1 is 1.19 bits per heavy atom. The molecule has 3 aromatic rings. The summed E-state index contributed by atoms with van der Waals surface area (Å²) in [5, 5.41) is 10.9. The summed E-state index contributed by atoms with van der Waals surface area (Å²) < 4.78 is 3.30. The number of carbonyl (C=O) groups excluding carboxylic acids is 1. The molecule has 0 aliphatic carbocycles. The maximum atomic E-state index is 12.6. The van der Waals surface area contributed by atoms with Crippen molar-refractivity contribution in [3.8, 4) is 0 Å². The van der Waals surface area contributed by atoms with Crippen LogP contribution in [0.5, 0.6) is 0 Å². The zero-order chi connectivity index (χ0) is 18.8. The average Bonchev–Trinajstić information content (AvgIpc) is 3.28. The third-order valence-corrected chi connectivity index (χ3v) is 5.16. The van der Waals surface area contributed by atoms with Gasteiger partial charge in [0.2, 0.25) is 0 Å². The van der Waals surface area contributed by atoms with Crippen molar-refractivity contribution < 1.29 is 4.79 Å². The lowest BCUT2D eigenvalue weighted by Crippen LogP contribution is -2.39. The number of aromatic nitrogens is 5. The first-order valence-corrected chi connectivity index (χ1v) is 9.10. The maximum absolute atomic E-state index is 12.6. The van der Waals surface area contributed by atoms with Crippen LogP contribution in [0.25, 0.3) is 0 Å². The van der Waals surface area contributed by atoms with E-state index in [1.807, 2.05) is 35.2 Å². The third kappa shape index (κ3) is 3.42. The van der Waals surface area contributed by atoms with E-state index in [9.17, 15) is 9.59 Å². The van der Waals surface area contributed by atoms with Crippen LogP contribution in [-0.2, 0) is 13.6 Å². The van der Waals surface area contributed by atoms with E-state index in [1.54, 1.807) is 28.6 Å². The molecule has 3 heterocycles. The Labute approximate surface area is 156 Å². The molecule has 0 saturated carbocycles. The summed E-state index contributed by atoms with van der Waals surface area (Å²) >= 11 is 0. The molecule has 27 heavy (non-hydrogen) atoms. The van der Waals surface area contributed by atoms with Crippen LogP contribution in [0.3, 0.4) is 0 Å². The van der Waals surface area contributed by atoms with Gasteiger partial charge in [-0.25, -0.2) is 9.89 Å². The Bertz CT molecular complexity index is 979. The second kappa shape index (κ2) is 7.22. The van der Waals surface area contributed by atoms with E-state index in [-0.39, 0.29) is 17.5 Å². The van der Waals surface area contributed by atoms with Crippen LogP contribution < -0.4 is 5.69 Å². The molecule has 1 saturated heterocycles. The number of rotatable bonds is 4. The zero-order valence-electron chi connectivity index (χ0n) is 15.2. The van der Waals surface area contributed by atoms with Gasteiger partial charge in [0.05, 0.1) is 6.54 Å². The number of hydrogen-bond donors (Lipinski definition) is 1. The first-order chi connectivity index (χ1) is 13.1. The monoisotopic (exact) mass is 366 g/mol. The van der Waals surface area contributed by atoms with Gasteiger partial charge in [0.15, 0.2) is 0 Å². The molecule has 1 aliphatic rings. The van der Waals surface area contributed by atoms with Crippen LogP contribution >= 0.6 is 0 Å². The van der Waals surface area contributed by atoms with E-state index in [0.29, 0.717) is 25.3 Å². The fraction of sp³-hybridized carbons (Fsp3) is 0.368. The van der Waals surface area contributed by atoms with E-state index in [2.05, 4.69) is 15.3 Å². The van der Waals surface area contributed by atoms with Gasteiger partial charge in [0.1, 0.15) is 11.5 Å². The summed E-state index contributed by atoms with van der Waals surface area (Å²) in [6.07, 6.45) is 3.19. The number of nitrogens with one attached hydrogen (secondary N) is 1. The molecule has 0 atom stereocenters. The van der Waals surface area contributed by atoms with Crippen molar-refractivity contribution in [2.75, 3.05) is 13.1 Å². The number of aromatic amines is 1. The molecule has 1 fully saturated rings. The fourth-order valence-electron chi connectivity index (χ4n) is 3.65. The Balaban J connectivity index is 1.47. The average molecular weight is 366 g/mol. The van der Waals surface area contributed by atoms with Crippen LogP contribution in [-0.4, -0.2) is 48.4 Å². The van der Waals surface area contributed by atoms with E-state index >= 15 is 0 Å². The molecule has 0 radical (unpaired) electrons. The van der Waals surface area contributed by atoms with E-state index in [1.165, 1.54) is 0 Å². The summed E-state index contributed by atoms with van der Waals surface area (Å²) in [6.45, 7) is 1.78. The quantitative estimate of drug-likeness (QED) is 0.755. The maximum Gasteiger partial charge on any atom is 0.343 e. The number of amides is 1. The number of likely N-dealkylation sites (tertiary alicyclic amines) is 1. The van der Waals surface area contributed by atoms with Gasteiger partial charge < -0.3 is 4.90 Å². The summed E-state index contributed by atoms with van der Waals surface area (Å²) in [7, 11) is 1.77. The topological polar surface area (TPSA) is 88.8 Å². The Kier molecular flexibility index (Phi) is 4.62. The minimum atomic E-state index is -0.192. The summed E-state index contributed by atoms with van der Waals surface area (Å²) in [5.41, 5.74) is 1.46. The Morgan fingerprint density at radius 2 is 1.93 bits per heavy atom. The van der Waals surface area contributed by atoms with Crippen molar-refractivity contribution in [1.82, 2.24) is 29.4 Å². The fourth-order valence-corrected chi connectivity index (χ4v) is 3.65. The van der Waals surface area contributed by atoms with Gasteiger partial charge in [-0.3, -0.25) is 14.0 Å². The van der Waals surface area contributed by atoms with Gasteiger partial charge in [0.25, 0.3) is 5.91 Å². The lowest BCUT2D eigenvalue weighted by molar-refractivity contribution is 0.0699. The van der Waals surface area contributed by atoms with Crippen LogP contribution in [0.1, 0.15) is 40.6 Å². The lowest BCUT2D eigenvalue weighted by Gasteiger charge is -2.31. The van der Waals surface area contributed by atoms with Gasteiger partial charge in [-0.15, -0.1) is 0 Å². The van der Waals surface area contributed by atoms with Crippen molar-refractivity contribution in [2.24, 2.45) is 7.05 Å². The molecule has 1 aliphatic heterocycles. The molecule has 0 spiro atoms. The van der Waals surface area contributed by atoms with Gasteiger partial charge in [0, 0.05) is 32.3 Å². The zero-order valence-corrected chi connectivity index (χ0v) is 15.2. The van der Waals surface area contributed by atoms with Gasteiger partial charge in [-0.05, 0) is 24.5 Å². The molecule has 1 N–H and O–H groups in total. The molecular weight excluding hydrogens is 344 g/mol. The molecule has 4 rings (SSSR count). The largest absolute Gasteiger partial charge is 0.343 e. The number of hydrogen-bond acceptors (Lipinski definition) is 4. The molecule has 8 heteroatoms. The van der Waals surface area contributed by atoms with Crippen molar-refractivity contribution in [1.29, 1.82) is 0 Å². The number of nitrogens with zero attached hydrogens (tertiary/aromatic N) is 5. The van der Waals surface area contributed by atoms with E-state index < -0.39 is 0 Å². The SMILES string of the molecule is Cn1nccc1C(=O)N1CCC(c2n[nH]c(=O)n2Cc2ccccc2)CC1. The lowest BCUT2D eigenvalue weighted by atomic mass is 9.95. The molecule has 8 nitrogen and oxygen atoms in total. The summed E-state index contributed by atoms with van der Waals surface area (Å²) in [4.78, 5) is 26.7. The number of H-pyrrole nitrogens is 1. The Morgan fingerprint density at radius 3 is 2.59 bits per heavy atom.